The number of hydrogen-bond acceptors (Lipinski definition) is 4. The number of carbonyl (C=O) groups excluding carboxylic acids is 1. The Morgan fingerprint density at radius 3 is 2.09 bits per heavy atom. The van der Waals surface area contributed by atoms with E-state index in [1.54, 1.807) is 0 Å². The lowest BCUT2D eigenvalue weighted by atomic mass is 10.0. The average molecular weight is 327 g/mol. The largest absolute Gasteiger partial charge is 0.393 e. The van der Waals surface area contributed by atoms with Crippen LogP contribution in [0.5, 0.6) is 0 Å². The van der Waals surface area contributed by atoms with Crippen molar-refractivity contribution >= 4 is 5.78 Å². The molecule has 1 N–H and O–H groups in total. The van der Waals surface area contributed by atoms with E-state index in [0.717, 1.165) is 38.0 Å². The van der Waals surface area contributed by atoms with E-state index in [0.29, 0.717) is 12.3 Å². The molecule has 0 aromatic rings. The van der Waals surface area contributed by atoms with Crippen molar-refractivity contribution in [2.75, 3.05) is 26.2 Å². The Hall–Kier alpha value is -0.450. The third-order valence-electron chi connectivity index (χ3n) is 5.10. The van der Waals surface area contributed by atoms with Gasteiger partial charge in [0.2, 0.25) is 0 Å². The van der Waals surface area contributed by atoms with Crippen molar-refractivity contribution in [3.63, 3.8) is 0 Å². The highest BCUT2D eigenvalue weighted by Gasteiger charge is 2.20. The van der Waals surface area contributed by atoms with Crippen LogP contribution in [0.1, 0.15) is 66.7 Å². The Morgan fingerprint density at radius 1 is 1.04 bits per heavy atom. The van der Waals surface area contributed by atoms with Gasteiger partial charge in [0.15, 0.2) is 0 Å². The van der Waals surface area contributed by atoms with Crippen molar-refractivity contribution in [1.82, 2.24) is 9.80 Å². The Morgan fingerprint density at radius 2 is 1.65 bits per heavy atom. The van der Waals surface area contributed by atoms with E-state index in [9.17, 15) is 9.90 Å². The molecule has 0 aromatic heterocycles. The summed E-state index contributed by atoms with van der Waals surface area (Å²) in [5.41, 5.74) is 0. The van der Waals surface area contributed by atoms with Gasteiger partial charge in [0.25, 0.3) is 0 Å². The summed E-state index contributed by atoms with van der Waals surface area (Å²) in [5.74, 6) is 0.434. The van der Waals surface area contributed by atoms with Gasteiger partial charge in [-0.25, -0.2) is 0 Å². The monoisotopic (exact) mass is 326 g/mol. The topological polar surface area (TPSA) is 43.8 Å². The SMILES string of the molecule is CC(C)C(=O)CN1CCC(O)CC1.CC(C)N1CCCC[C@H]1C. The first-order chi connectivity index (χ1) is 10.8. The van der Waals surface area contributed by atoms with E-state index in [1.807, 2.05) is 13.8 Å². The van der Waals surface area contributed by atoms with Crippen LogP contribution < -0.4 is 0 Å². The summed E-state index contributed by atoms with van der Waals surface area (Å²) in [6.45, 7) is 14.4. The van der Waals surface area contributed by atoms with Crippen molar-refractivity contribution in [3.05, 3.63) is 0 Å². The van der Waals surface area contributed by atoms with Gasteiger partial charge >= 0.3 is 0 Å². The molecule has 4 heteroatoms. The fourth-order valence-electron chi connectivity index (χ4n) is 3.37. The zero-order valence-corrected chi connectivity index (χ0v) is 15.9. The van der Waals surface area contributed by atoms with Crippen molar-refractivity contribution < 1.29 is 9.90 Å². The Balaban J connectivity index is 0.000000238. The minimum absolute atomic E-state index is 0.131. The second-order valence-corrected chi connectivity index (χ2v) is 7.80. The normalized spacial score (nSPS) is 24.6. The molecule has 0 aromatic carbocycles. The predicted octanol–water partition coefficient (Wildman–Crippen LogP) is 2.94. The maximum atomic E-state index is 11.4. The Kier molecular flexibility index (Phi) is 9.33. The number of hydrogen-bond donors (Lipinski definition) is 1. The first-order valence-electron chi connectivity index (χ1n) is 9.50. The average Bonchev–Trinajstić information content (AvgIpc) is 2.50. The van der Waals surface area contributed by atoms with Crippen LogP contribution in [0, 0.1) is 5.92 Å². The fraction of sp³-hybridized carbons (Fsp3) is 0.947. The summed E-state index contributed by atoms with van der Waals surface area (Å²) < 4.78 is 0. The molecular formula is C19H38N2O2. The number of likely N-dealkylation sites (tertiary alicyclic amines) is 2. The molecule has 4 nitrogen and oxygen atoms in total. The highest BCUT2D eigenvalue weighted by atomic mass is 16.3. The number of aliphatic hydroxyl groups is 1. The lowest BCUT2D eigenvalue weighted by Crippen LogP contribution is -2.41. The molecule has 2 saturated heterocycles. The number of aliphatic hydroxyl groups excluding tert-OH is 1. The second-order valence-electron chi connectivity index (χ2n) is 7.80. The Bertz CT molecular complexity index is 336. The van der Waals surface area contributed by atoms with Crippen molar-refractivity contribution in [2.45, 2.75) is 84.9 Å². The summed E-state index contributed by atoms with van der Waals surface area (Å²) in [6, 6.07) is 1.57. The molecule has 0 saturated carbocycles. The smallest absolute Gasteiger partial charge is 0.149 e. The predicted molar refractivity (Wildman–Crippen MR) is 96.7 cm³/mol. The maximum Gasteiger partial charge on any atom is 0.149 e. The molecule has 2 aliphatic rings. The van der Waals surface area contributed by atoms with E-state index in [-0.39, 0.29) is 12.0 Å². The molecule has 0 spiro atoms. The van der Waals surface area contributed by atoms with Crippen LogP contribution >= 0.6 is 0 Å². The summed E-state index contributed by atoms with van der Waals surface area (Å²) in [6.07, 6.45) is 5.72. The van der Waals surface area contributed by atoms with Gasteiger partial charge in [-0.15, -0.1) is 0 Å². The number of Topliss-reactive ketones (excluding diaryl/α,β-unsaturated/α-hetero) is 1. The van der Waals surface area contributed by atoms with E-state index in [2.05, 4.69) is 30.6 Å². The highest BCUT2D eigenvalue weighted by molar-refractivity contribution is 5.82. The molecule has 0 radical (unpaired) electrons. The van der Waals surface area contributed by atoms with Gasteiger partial charge in [0.1, 0.15) is 5.78 Å². The number of piperidine rings is 2. The molecule has 0 bridgehead atoms. The fourth-order valence-corrected chi connectivity index (χ4v) is 3.37. The second kappa shape index (κ2) is 10.4. The molecule has 2 fully saturated rings. The highest BCUT2D eigenvalue weighted by Crippen LogP contribution is 2.18. The van der Waals surface area contributed by atoms with Crippen LogP contribution in [0.2, 0.25) is 0 Å². The van der Waals surface area contributed by atoms with Gasteiger partial charge in [-0.2, -0.15) is 0 Å². The van der Waals surface area contributed by atoms with Crippen molar-refractivity contribution in [1.29, 1.82) is 0 Å². The van der Waals surface area contributed by atoms with Crippen molar-refractivity contribution in [3.8, 4) is 0 Å². The van der Waals surface area contributed by atoms with E-state index < -0.39 is 0 Å². The summed E-state index contributed by atoms with van der Waals surface area (Å²) in [7, 11) is 0. The Labute approximate surface area is 143 Å². The lowest BCUT2D eigenvalue weighted by Gasteiger charge is -2.36. The van der Waals surface area contributed by atoms with Crippen LogP contribution in [-0.4, -0.2) is 65.1 Å². The van der Waals surface area contributed by atoms with E-state index in [4.69, 9.17) is 0 Å². The molecule has 1 atom stereocenters. The van der Waals surface area contributed by atoms with Gasteiger partial charge in [-0.1, -0.05) is 20.3 Å². The van der Waals surface area contributed by atoms with Crippen LogP contribution in [0.25, 0.3) is 0 Å². The van der Waals surface area contributed by atoms with Crippen LogP contribution in [-0.2, 0) is 4.79 Å². The maximum absolute atomic E-state index is 11.4. The van der Waals surface area contributed by atoms with Crippen molar-refractivity contribution in [2.24, 2.45) is 5.92 Å². The van der Waals surface area contributed by atoms with E-state index in [1.165, 1.54) is 25.8 Å². The standard InChI is InChI=1S/C10H19NO2.C9H19N/c1-8(2)10(13)7-11-5-3-9(12)4-6-11;1-8(2)10-7-5-4-6-9(10)3/h8-9,12H,3-7H2,1-2H3;8-9H,4-7H2,1-3H3/t;9-/m.1/s1. The van der Waals surface area contributed by atoms with Crippen LogP contribution in [0.15, 0.2) is 0 Å². The van der Waals surface area contributed by atoms with Gasteiger partial charge in [-0.3, -0.25) is 14.6 Å². The zero-order chi connectivity index (χ0) is 17.4. The zero-order valence-electron chi connectivity index (χ0n) is 15.9. The first-order valence-corrected chi connectivity index (χ1v) is 9.50. The molecule has 136 valence electrons. The van der Waals surface area contributed by atoms with Crippen LogP contribution in [0.3, 0.4) is 0 Å². The summed E-state index contributed by atoms with van der Waals surface area (Å²) >= 11 is 0. The molecular weight excluding hydrogens is 288 g/mol. The minimum atomic E-state index is -0.148. The minimum Gasteiger partial charge on any atom is -0.393 e. The molecule has 2 heterocycles. The molecule has 23 heavy (non-hydrogen) atoms. The molecule has 0 aliphatic carbocycles. The third-order valence-corrected chi connectivity index (χ3v) is 5.10. The van der Waals surface area contributed by atoms with Gasteiger partial charge in [0, 0.05) is 31.1 Å². The molecule has 0 unspecified atom stereocenters. The lowest BCUT2D eigenvalue weighted by molar-refractivity contribution is -0.123. The van der Waals surface area contributed by atoms with E-state index >= 15 is 0 Å². The number of rotatable bonds is 4. The number of nitrogens with zero attached hydrogens (tertiary/aromatic N) is 2. The number of ketones is 1. The molecule has 2 rings (SSSR count). The summed E-state index contributed by atoms with van der Waals surface area (Å²) in [4.78, 5) is 16.1. The third kappa shape index (κ3) is 7.77. The number of carbonyl (C=O) groups is 1. The van der Waals surface area contributed by atoms with Gasteiger partial charge in [0.05, 0.1) is 12.6 Å². The van der Waals surface area contributed by atoms with Crippen LogP contribution in [0.4, 0.5) is 0 Å². The molecule has 2 aliphatic heterocycles. The van der Waals surface area contributed by atoms with Gasteiger partial charge in [-0.05, 0) is 53.0 Å². The summed E-state index contributed by atoms with van der Waals surface area (Å²) in [5, 5.41) is 9.26. The quantitative estimate of drug-likeness (QED) is 0.863. The molecule has 0 amide bonds. The van der Waals surface area contributed by atoms with Gasteiger partial charge < -0.3 is 5.11 Å². The first kappa shape index (κ1) is 20.6.